The van der Waals surface area contributed by atoms with Gasteiger partial charge < -0.3 is 5.32 Å². The van der Waals surface area contributed by atoms with Crippen LogP contribution in [0, 0.1) is 11.3 Å². The largest absolute Gasteiger partial charge is 0.314 e. The lowest BCUT2D eigenvalue weighted by Crippen LogP contribution is -2.31. The molecule has 0 spiro atoms. The van der Waals surface area contributed by atoms with Gasteiger partial charge in [0.15, 0.2) is 0 Å². The molecule has 136 valence electrons. The van der Waals surface area contributed by atoms with Crippen LogP contribution in [0.15, 0.2) is 6.07 Å². The van der Waals surface area contributed by atoms with Crippen LogP contribution in [0.1, 0.15) is 100 Å². The first-order chi connectivity index (χ1) is 12.3. The third-order valence-electron chi connectivity index (χ3n) is 5.82. The number of nitrogens with one attached hydrogen (secondary N) is 1. The molecule has 0 aliphatic heterocycles. The summed E-state index contributed by atoms with van der Waals surface area (Å²) in [6.07, 6.45) is 16.5. The van der Waals surface area contributed by atoms with Crippen molar-refractivity contribution >= 4 is 0 Å². The summed E-state index contributed by atoms with van der Waals surface area (Å²) in [5.74, 6) is 0.883. The molecule has 0 aromatic carbocycles. The number of nitrogens with zero attached hydrogens (tertiary/aromatic N) is 3. The van der Waals surface area contributed by atoms with Crippen LogP contribution in [0.5, 0.6) is 0 Å². The van der Waals surface area contributed by atoms with Gasteiger partial charge >= 0.3 is 0 Å². The Hall–Kier alpha value is -1.47. The van der Waals surface area contributed by atoms with E-state index in [1.54, 1.807) is 0 Å². The number of nitriles is 1. The Morgan fingerprint density at radius 2 is 1.64 bits per heavy atom. The molecule has 1 aromatic heterocycles. The van der Waals surface area contributed by atoms with E-state index in [1.807, 2.05) is 0 Å². The van der Waals surface area contributed by atoms with Crippen molar-refractivity contribution in [3.05, 3.63) is 23.3 Å². The Balaban J connectivity index is 1.54. The van der Waals surface area contributed by atoms with Gasteiger partial charge in [0.1, 0.15) is 6.07 Å². The summed E-state index contributed by atoms with van der Waals surface area (Å²) in [6.45, 7) is 1.05. The molecule has 1 aromatic rings. The predicted octanol–water partition coefficient (Wildman–Crippen LogP) is 4.64. The van der Waals surface area contributed by atoms with Gasteiger partial charge in [-0.05, 0) is 51.1 Å². The number of hydrogen-bond acceptors (Lipinski definition) is 4. The normalized spacial score (nSPS) is 20.1. The van der Waals surface area contributed by atoms with Crippen molar-refractivity contribution in [1.29, 1.82) is 5.26 Å². The monoisotopic (exact) mass is 340 g/mol. The van der Waals surface area contributed by atoms with Crippen molar-refractivity contribution in [2.45, 2.75) is 95.4 Å². The van der Waals surface area contributed by atoms with Crippen LogP contribution in [0.3, 0.4) is 0 Å². The van der Waals surface area contributed by atoms with Gasteiger partial charge in [0.05, 0.1) is 0 Å². The minimum Gasteiger partial charge on any atom is -0.314 e. The molecule has 0 radical (unpaired) electrons. The van der Waals surface area contributed by atoms with Crippen LogP contribution in [-0.4, -0.2) is 22.6 Å². The number of aryl methyl sites for hydroxylation is 1. The summed E-state index contributed by atoms with van der Waals surface area (Å²) in [4.78, 5) is 8.99. The van der Waals surface area contributed by atoms with Crippen molar-refractivity contribution in [1.82, 2.24) is 15.3 Å². The van der Waals surface area contributed by atoms with Crippen molar-refractivity contribution < 1.29 is 0 Å². The summed E-state index contributed by atoms with van der Waals surface area (Å²) in [5.41, 5.74) is 2.17. The smallest absolute Gasteiger partial charge is 0.232 e. The molecular weight excluding hydrogens is 308 g/mol. The molecule has 0 unspecified atom stereocenters. The average molecular weight is 341 g/mol. The maximum atomic E-state index is 9.29. The number of rotatable bonds is 6. The molecule has 2 fully saturated rings. The Labute approximate surface area is 152 Å². The maximum Gasteiger partial charge on any atom is 0.232 e. The van der Waals surface area contributed by atoms with E-state index in [2.05, 4.69) is 27.4 Å². The number of aromatic nitrogens is 2. The highest BCUT2D eigenvalue weighted by atomic mass is 14.9. The summed E-state index contributed by atoms with van der Waals surface area (Å²) in [5, 5.41) is 13.0. The van der Waals surface area contributed by atoms with Gasteiger partial charge in [-0.2, -0.15) is 5.26 Å². The second kappa shape index (κ2) is 9.87. The number of hydrogen-bond donors (Lipinski definition) is 1. The zero-order valence-electron chi connectivity index (χ0n) is 15.5. The Bertz CT molecular complexity index is 564. The zero-order chi connectivity index (χ0) is 17.3. The molecular formula is C21H32N4. The van der Waals surface area contributed by atoms with Gasteiger partial charge in [-0.25, -0.2) is 9.97 Å². The summed E-state index contributed by atoms with van der Waals surface area (Å²) in [6, 6.07) is 5.06. The van der Waals surface area contributed by atoms with Crippen LogP contribution in [-0.2, 0) is 6.42 Å². The molecule has 25 heavy (non-hydrogen) atoms. The van der Waals surface area contributed by atoms with Crippen LogP contribution >= 0.6 is 0 Å². The minimum absolute atomic E-state index is 0.358. The molecule has 0 amide bonds. The van der Waals surface area contributed by atoms with Crippen molar-refractivity contribution in [3.63, 3.8) is 0 Å². The van der Waals surface area contributed by atoms with Crippen molar-refractivity contribution in [2.24, 2.45) is 0 Å². The highest BCUT2D eigenvalue weighted by Crippen LogP contribution is 2.30. The van der Waals surface area contributed by atoms with Gasteiger partial charge in [0, 0.05) is 23.3 Å². The lowest BCUT2D eigenvalue weighted by molar-refractivity contribution is 0.372. The predicted molar refractivity (Wildman–Crippen MR) is 100 cm³/mol. The fourth-order valence-electron chi connectivity index (χ4n) is 4.36. The van der Waals surface area contributed by atoms with Gasteiger partial charge in [-0.1, -0.05) is 44.9 Å². The van der Waals surface area contributed by atoms with E-state index in [1.165, 1.54) is 70.6 Å². The molecule has 0 atom stereocenters. The second-order valence-electron chi connectivity index (χ2n) is 7.80. The summed E-state index contributed by atoms with van der Waals surface area (Å²) < 4.78 is 0. The molecule has 2 saturated carbocycles. The highest BCUT2D eigenvalue weighted by Gasteiger charge is 2.18. The molecule has 4 nitrogen and oxygen atoms in total. The molecule has 0 bridgehead atoms. The van der Waals surface area contributed by atoms with Gasteiger partial charge in [0.25, 0.3) is 0 Å². The van der Waals surface area contributed by atoms with E-state index >= 15 is 0 Å². The first kappa shape index (κ1) is 18.3. The van der Waals surface area contributed by atoms with Gasteiger partial charge in [0.2, 0.25) is 5.82 Å². The van der Waals surface area contributed by atoms with Crippen LogP contribution in [0.2, 0.25) is 0 Å². The Morgan fingerprint density at radius 3 is 2.36 bits per heavy atom. The fourth-order valence-corrected chi connectivity index (χ4v) is 4.36. The summed E-state index contributed by atoms with van der Waals surface area (Å²) >= 11 is 0. The molecule has 1 heterocycles. The fraction of sp³-hybridized carbons (Fsp3) is 0.762. The lowest BCUT2D eigenvalue weighted by atomic mass is 9.95. The average Bonchev–Trinajstić information content (AvgIpc) is 2.95. The first-order valence-corrected chi connectivity index (χ1v) is 10.4. The van der Waals surface area contributed by atoms with Crippen molar-refractivity contribution in [3.8, 4) is 6.07 Å². The molecule has 2 aliphatic rings. The molecule has 2 aliphatic carbocycles. The minimum atomic E-state index is 0.358. The molecule has 4 heteroatoms. The second-order valence-corrected chi connectivity index (χ2v) is 7.80. The van der Waals surface area contributed by atoms with E-state index < -0.39 is 0 Å². The topological polar surface area (TPSA) is 61.6 Å². The van der Waals surface area contributed by atoms with Crippen molar-refractivity contribution in [2.75, 3.05) is 6.54 Å². The Kier molecular flexibility index (Phi) is 7.23. The lowest BCUT2D eigenvalue weighted by Gasteiger charge is -2.22. The SMILES string of the molecule is N#Cc1nc(CCCNC2CCCCC2)cc(C2CCCCCC2)n1. The summed E-state index contributed by atoms with van der Waals surface area (Å²) in [7, 11) is 0. The third kappa shape index (κ3) is 5.78. The van der Waals surface area contributed by atoms with E-state index in [0.29, 0.717) is 11.7 Å². The van der Waals surface area contributed by atoms with Crippen LogP contribution in [0.4, 0.5) is 0 Å². The van der Waals surface area contributed by atoms with E-state index in [9.17, 15) is 5.26 Å². The Morgan fingerprint density at radius 1 is 0.960 bits per heavy atom. The standard InChI is InChI=1S/C21H32N4/c22-16-21-24-19(13-8-14-23-18-11-6-3-7-12-18)15-20(25-21)17-9-4-1-2-5-10-17/h15,17-18,23H,1-14H2. The molecule has 1 N–H and O–H groups in total. The highest BCUT2D eigenvalue weighted by molar-refractivity contribution is 5.21. The third-order valence-corrected chi connectivity index (χ3v) is 5.82. The van der Waals surface area contributed by atoms with E-state index in [0.717, 1.165) is 36.8 Å². The first-order valence-electron chi connectivity index (χ1n) is 10.4. The van der Waals surface area contributed by atoms with E-state index in [-0.39, 0.29) is 0 Å². The molecule has 3 rings (SSSR count). The maximum absolute atomic E-state index is 9.29. The quantitative estimate of drug-likeness (QED) is 0.605. The van der Waals surface area contributed by atoms with Crippen LogP contribution in [0.25, 0.3) is 0 Å². The molecule has 0 saturated heterocycles. The van der Waals surface area contributed by atoms with Crippen LogP contribution < -0.4 is 5.32 Å². The van der Waals surface area contributed by atoms with Gasteiger partial charge in [-0.15, -0.1) is 0 Å². The van der Waals surface area contributed by atoms with E-state index in [4.69, 9.17) is 0 Å². The van der Waals surface area contributed by atoms with Gasteiger partial charge in [-0.3, -0.25) is 0 Å². The zero-order valence-corrected chi connectivity index (χ0v) is 15.5.